The molecule has 0 aliphatic heterocycles. The van der Waals surface area contributed by atoms with Gasteiger partial charge in [-0.15, -0.1) is 0 Å². The Labute approximate surface area is 98.1 Å². The Balaban J connectivity index is 2.49. The normalized spacial score (nSPS) is 10.4. The summed E-state index contributed by atoms with van der Waals surface area (Å²) in [5, 5.41) is 3.05. The van der Waals surface area contributed by atoms with E-state index in [-0.39, 0.29) is 5.78 Å². The first-order valence-electron chi connectivity index (χ1n) is 6.04. The van der Waals surface area contributed by atoms with Crippen molar-refractivity contribution >= 4 is 5.78 Å². The van der Waals surface area contributed by atoms with Crippen molar-refractivity contribution in [2.75, 3.05) is 13.6 Å². The molecule has 0 unspecified atom stereocenters. The van der Waals surface area contributed by atoms with Gasteiger partial charge in [0.15, 0.2) is 5.78 Å². The maximum atomic E-state index is 11.8. The van der Waals surface area contributed by atoms with Crippen LogP contribution < -0.4 is 5.32 Å². The summed E-state index contributed by atoms with van der Waals surface area (Å²) in [5.74, 6) is 0.248. The van der Waals surface area contributed by atoms with Crippen molar-refractivity contribution in [1.82, 2.24) is 5.32 Å². The van der Waals surface area contributed by atoms with E-state index in [1.807, 2.05) is 19.2 Å². The third kappa shape index (κ3) is 4.15. The monoisotopic (exact) mass is 219 g/mol. The van der Waals surface area contributed by atoms with Crippen molar-refractivity contribution < 1.29 is 4.79 Å². The predicted octanol–water partition coefficient (Wildman–Crippen LogP) is 2.82. The zero-order valence-electron chi connectivity index (χ0n) is 10.3. The lowest BCUT2D eigenvalue weighted by Crippen LogP contribution is -2.10. The Kier molecular flexibility index (Phi) is 5.79. The molecule has 0 saturated heterocycles. The average molecular weight is 219 g/mol. The molecule has 0 saturated carbocycles. The van der Waals surface area contributed by atoms with E-state index in [0.29, 0.717) is 6.42 Å². The molecule has 0 bridgehead atoms. The smallest absolute Gasteiger partial charge is 0.162 e. The topological polar surface area (TPSA) is 29.1 Å². The van der Waals surface area contributed by atoms with E-state index >= 15 is 0 Å². The Morgan fingerprint density at radius 1 is 1.25 bits per heavy atom. The SMILES string of the molecule is CCCc1ccc(C(=O)CCCNC)cc1. The molecular formula is C14H21NO. The summed E-state index contributed by atoms with van der Waals surface area (Å²) in [4.78, 5) is 11.8. The van der Waals surface area contributed by atoms with Crippen LogP contribution in [-0.2, 0) is 6.42 Å². The molecule has 0 fully saturated rings. The lowest BCUT2D eigenvalue weighted by Gasteiger charge is -2.03. The summed E-state index contributed by atoms with van der Waals surface area (Å²) in [6.45, 7) is 3.07. The fourth-order valence-electron chi connectivity index (χ4n) is 1.72. The number of aryl methyl sites for hydroxylation is 1. The van der Waals surface area contributed by atoms with Crippen molar-refractivity contribution in [1.29, 1.82) is 0 Å². The van der Waals surface area contributed by atoms with E-state index in [4.69, 9.17) is 0 Å². The summed E-state index contributed by atoms with van der Waals surface area (Å²) in [6, 6.07) is 8.03. The number of rotatable bonds is 7. The summed E-state index contributed by atoms with van der Waals surface area (Å²) in [7, 11) is 1.91. The fourth-order valence-corrected chi connectivity index (χ4v) is 1.72. The zero-order chi connectivity index (χ0) is 11.8. The van der Waals surface area contributed by atoms with Crippen LogP contribution in [0.2, 0.25) is 0 Å². The maximum Gasteiger partial charge on any atom is 0.162 e. The molecule has 1 N–H and O–H groups in total. The van der Waals surface area contributed by atoms with Crippen LogP contribution in [0.25, 0.3) is 0 Å². The fraction of sp³-hybridized carbons (Fsp3) is 0.500. The third-order valence-electron chi connectivity index (χ3n) is 2.65. The van der Waals surface area contributed by atoms with E-state index < -0.39 is 0 Å². The number of Topliss-reactive ketones (excluding diaryl/α,β-unsaturated/α-hetero) is 1. The third-order valence-corrected chi connectivity index (χ3v) is 2.65. The Morgan fingerprint density at radius 3 is 2.50 bits per heavy atom. The first-order chi connectivity index (χ1) is 7.77. The average Bonchev–Trinajstić information content (AvgIpc) is 2.30. The number of ketones is 1. The van der Waals surface area contributed by atoms with Gasteiger partial charge in [0, 0.05) is 12.0 Å². The van der Waals surface area contributed by atoms with Crippen molar-refractivity contribution in [2.24, 2.45) is 0 Å². The Morgan fingerprint density at radius 2 is 1.94 bits per heavy atom. The van der Waals surface area contributed by atoms with Crippen molar-refractivity contribution in [2.45, 2.75) is 32.6 Å². The van der Waals surface area contributed by atoms with Gasteiger partial charge in [-0.2, -0.15) is 0 Å². The molecule has 0 amide bonds. The lowest BCUT2D eigenvalue weighted by molar-refractivity contribution is 0.0980. The highest BCUT2D eigenvalue weighted by Gasteiger charge is 2.04. The number of hydrogen-bond acceptors (Lipinski definition) is 2. The van der Waals surface area contributed by atoms with Gasteiger partial charge in [-0.1, -0.05) is 37.6 Å². The Hall–Kier alpha value is -1.15. The number of carbonyl (C=O) groups is 1. The van der Waals surface area contributed by atoms with Crippen molar-refractivity contribution in [3.63, 3.8) is 0 Å². The highest BCUT2D eigenvalue weighted by atomic mass is 16.1. The second kappa shape index (κ2) is 7.18. The highest BCUT2D eigenvalue weighted by Crippen LogP contribution is 2.09. The van der Waals surface area contributed by atoms with Gasteiger partial charge in [0.25, 0.3) is 0 Å². The number of carbonyl (C=O) groups excluding carboxylic acids is 1. The molecule has 16 heavy (non-hydrogen) atoms. The van der Waals surface area contributed by atoms with E-state index in [2.05, 4.69) is 24.4 Å². The van der Waals surface area contributed by atoms with Gasteiger partial charge >= 0.3 is 0 Å². The molecule has 1 rings (SSSR count). The zero-order valence-corrected chi connectivity index (χ0v) is 10.3. The largest absolute Gasteiger partial charge is 0.320 e. The van der Waals surface area contributed by atoms with Gasteiger partial charge in [0.2, 0.25) is 0 Å². The van der Waals surface area contributed by atoms with Gasteiger partial charge in [-0.3, -0.25) is 4.79 Å². The van der Waals surface area contributed by atoms with Crippen LogP contribution in [0.3, 0.4) is 0 Å². The quantitative estimate of drug-likeness (QED) is 0.564. The van der Waals surface area contributed by atoms with Crippen LogP contribution in [0.4, 0.5) is 0 Å². The maximum absolute atomic E-state index is 11.8. The van der Waals surface area contributed by atoms with Crippen LogP contribution >= 0.6 is 0 Å². The molecule has 0 aliphatic rings. The molecule has 0 radical (unpaired) electrons. The second-order valence-corrected chi connectivity index (χ2v) is 4.08. The molecule has 1 aromatic carbocycles. The molecule has 88 valence electrons. The summed E-state index contributed by atoms with van der Waals surface area (Å²) in [6.07, 6.45) is 3.78. The first kappa shape index (κ1) is 12.9. The number of nitrogens with one attached hydrogen (secondary N) is 1. The van der Waals surface area contributed by atoms with Gasteiger partial charge in [0.1, 0.15) is 0 Å². The van der Waals surface area contributed by atoms with Gasteiger partial charge in [0.05, 0.1) is 0 Å². The van der Waals surface area contributed by atoms with Crippen LogP contribution in [0.15, 0.2) is 24.3 Å². The van der Waals surface area contributed by atoms with E-state index in [0.717, 1.165) is 31.4 Å². The van der Waals surface area contributed by atoms with Crippen LogP contribution in [0.1, 0.15) is 42.1 Å². The molecule has 0 atom stereocenters. The van der Waals surface area contributed by atoms with E-state index in [1.165, 1.54) is 5.56 Å². The van der Waals surface area contributed by atoms with Crippen molar-refractivity contribution in [3.8, 4) is 0 Å². The first-order valence-corrected chi connectivity index (χ1v) is 6.04. The molecule has 0 aromatic heterocycles. The molecule has 1 aromatic rings. The van der Waals surface area contributed by atoms with E-state index in [1.54, 1.807) is 0 Å². The van der Waals surface area contributed by atoms with E-state index in [9.17, 15) is 4.79 Å². The van der Waals surface area contributed by atoms with Crippen LogP contribution in [0, 0.1) is 0 Å². The molecular weight excluding hydrogens is 198 g/mol. The van der Waals surface area contributed by atoms with Crippen LogP contribution in [-0.4, -0.2) is 19.4 Å². The summed E-state index contributed by atoms with van der Waals surface area (Å²) >= 11 is 0. The molecule has 2 nitrogen and oxygen atoms in total. The minimum atomic E-state index is 0.248. The minimum absolute atomic E-state index is 0.248. The molecule has 0 heterocycles. The summed E-state index contributed by atoms with van der Waals surface area (Å²) < 4.78 is 0. The standard InChI is InChI=1S/C14H21NO/c1-3-5-12-7-9-13(10-8-12)14(16)6-4-11-15-2/h7-10,15H,3-6,11H2,1-2H3. The highest BCUT2D eigenvalue weighted by molar-refractivity contribution is 5.96. The summed E-state index contributed by atoms with van der Waals surface area (Å²) in [5.41, 5.74) is 2.16. The Bertz CT molecular complexity index is 316. The van der Waals surface area contributed by atoms with Gasteiger partial charge in [-0.05, 0) is 32.0 Å². The van der Waals surface area contributed by atoms with Gasteiger partial charge < -0.3 is 5.32 Å². The van der Waals surface area contributed by atoms with Crippen LogP contribution in [0.5, 0.6) is 0 Å². The second-order valence-electron chi connectivity index (χ2n) is 4.08. The molecule has 0 aliphatic carbocycles. The lowest BCUT2D eigenvalue weighted by atomic mass is 10.0. The van der Waals surface area contributed by atoms with Gasteiger partial charge in [-0.25, -0.2) is 0 Å². The number of benzene rings is 1. The minimum Gasteiger partial charge on any atom is -0.320 e. The number of hydrogen-bond donors (Lipinski definition) is 1. The predicted molar refractivity (Wildman–Crippen MR) is 67.9 cm³/mol. The molecule has 0 spiro atoms. The van der Waals surface area contributed by atoms with Crippen molar-refractivity contribution in [3.05, 3.63) is 35.4 Å². The molecule has 2 heteroatoms.